The lowest BCUT2D eigenvalue weighted by molar-refractivity contribution is -0.137. The number of hydrogen-bond acceptors (Lipinski definition) is 5. The van der Waals surface area contributed by atoms with E-state index in [0.717, 1.165) is 5.56 Å². The topological polar surface area (TPSA) is 142 Å². The molecular weight excluding hydrogens is 530 g/mol. The van der Waals surface area contributed by atoms with E-state index >= 15 is 0 Å². The molecule has 0 aromatic heterocycles. The number of amides is 3. The van der Waals surface area contributed by atoms with Crippen molar-refractivity contribution in [3.05, 3.63) is 126 Å². The molecule has 0 saturated carbocycles. The van der Waals surface area contributed by atoms with Crippen molar-refractivity contribution in [2.45, 2.75) is 23.1 Å². The average Bonchev–Trinajstić information content (AvgIpc) is 2.96. The fraction of sp³-hybridized carbons (Fsp3) is 0.100. The molecule has 0 aliphatic rings. The van der Waals surface area contributed by atoms with E-state index in [1.165, 1.54) is 30.3 Å². The summed E-state index contributed by atoms with van der Waals surface area (Å²) < 4.78 is 27.3. The third kappa shape index (κ3) is 7.12. The van der Waals surface area contributed by atoms with Crippen molar-refractivity contribution >= 4 is 39.1 Å². The molecule has 4 aromatic carbocycles. The minimum absolute atomic E-state index is 0.0290. The summed E-state index contributed by atoms with van der Waals surface area (Å²) in [5, 5.41) is 16.1. The van der Waals surface area contributed by atoms with Crippen LogP contribution < -0.4 is 16.0 Å². The Hall–Kier alpha value is -4.96. The van der Waals surface area contributed by atoms with Crippen LogP contribution in [0.5, 0.6) is 0 Å². The number of carbonyl (C=O) groups is 3. The van der Waals surface area contributed by atoms with Gasteiger partial charge in [0.25, 0.3) is 5.91 Å². The highest BCUT2D eigenvalue weighted by atomic mass is 32.2. The van der Waals surface area contributed by atoms with Gasteiger partial charge in [-0.05, 0) is 47.5 Å². The molecule has 4 rings (SSSR count). The van der Waals surface area contributed by atoms with Gasteiger partial charge in [0, 0.05) is 17.8 Å². The summed E-state index contributed by atoms with van der Waals surface area (Å²) in [5.41, 5.74) is 2.00. The van der Waals surface area contributed by atoms with Gasteiger partial charge in [-0.2, -0.15) is 0 Å². The first-order valence-electron chi connectivity index (χ1n) is 12.3. The fourth-order valence-corrected chi connectivity index (χ4v) is 5.93. The molecule has 4 N–H and O–H groups in total. The third-order valence-corrected chi connectivity index (χ3v) is 8.21. The molecular formula is C30H27N3O6S. The first-order chi connectivity index (χ1) is 19.2. The Kier molecular flexibility index (Phi) is 8.93. The Balaban J connectivity index is 1.47. The van der Waals surface area contributed by atoms with Gasteiger partial charge >= 0.3 is 12.0 Å². The van der Waals surface area contributed by atoms with Gasteiger partial charge in [0.05, 0.1) is 17.0 Å². The van der Waals surface area contributed by atoms with Crippen LogP contribution in [0.15, 0.2) is 114 Å². The minimum atomic E-state index is -4.20. The Morgan fingerprint density at radius 2 is 1.32 bits per heavy atom. The van der Waals surface area contributed by atoms with E-state index in [2.05, 4.69) is 16.0 Å². The molecule has 0 heterocycles. The number of sulfone groups is 1. The molecule has 0 saturated heterocycles. The van der Waals surface area contributed by atoms with Crippen LogP contribution in [0.1, 0.15) is 33.2 Å². The van der Waals surface area contributed by atoms with Crippen LogP contribution in [0.2, 0.25) is 0 Å². The van der Waals surface area contributed by atoms with E-state index in [9.17, 15) is 27.9 Å². The lowest BCUT2D eigenvalue weighted by Gasteiger charge is -2.19. The fourth-order valence-electron chi connectivity index (χ4n) is 4.06. The van der Waals surface area contributed by atoms with Gasteiger partial charge in [-0.15, -0.1) is 0 Å². The first-order valence-corrected chi connectivity index (χ1v) is 13.9. The SMILES string of the molecule is O=C(O)CC(c1ccccc1)S(=O)(=O)c1ccccc1NC(=O)c1ccc(NC(=O)NCc2ccccc2)cc1. The van der Waals surface area contributed by atoms with Crippen LogP contribution in [0.25, 0.3) is 0 Å². The number of benzene rings is 4. The maximum Gasteiger partial charge on any atom is 0.319 e. The summed E-state index contributed by atoms with van der Waals surface area (Å²) in [6.45, 7) is 0.354. The smallest absolute Gasteiger partial charge is 0.319 e. The van der Waals surface area contributed by atoms with E-state index in [-0.39, 0.29) is 16.1 Å². The van der Waals surface area contributed by atoms with Crippen molar-refractivity contribution in [3.63, 3.8) is 0 Å². The first kappa shape index (κ1) is 28.1. The molecule has 0 fully saturated rings. The Bertz CT molecular complexity index is 1590. The Morgan fingerprint density at radius 3 is 1.98 bits per heavy atom. The molecule has 0 radical (unpaired) electrons. The van der Waals surface area contributed by atoms with Crippen molar-refractivity contribution in [1.29, 1.82) is 0 Å². The summed E-state index contributed by atoms with van der Waals surface area (Å²) in [4.78, 5) is 36.6. The zero-order chi connectivity index (χ0) is 28.5. The number of carbonyl (C=O) groups excluding carboxylic acids is 2. The zero-order valence-electron chi connectivity index (χ0n) is 21.3. The second-order valence-electron chi connectivity index (χ2n) is 8.86. The molecule has 40 heavy (non-hydrogen) atoms. The maximum absolute atomic E-state index is 13.6. The third-order valence-electron chi connectivity index (χ3n) is 6.05. The van der Waals surface area contributed by atoms with Gasteiger partial charge < -0.3 is 21.1 Å². The van der Waals surface area contributed by atoms with Crippen LogP contribution in [0, 0.1) is 0 Å². The molecule has 0 aliphatic carbocycles. The number of para-hydroxylation sites is 1. The molecule has 3 amide bonds. The van der Waals surface area contributed by atoms with Gasteiger partial charge in [-0.25, -0.2) is 13.2 Å². The molecule has 9 nitrogen and oxygen atoms in total. The zero-order valence-corrected chi connectivity index (χ0v) is 22.1. The number of hydrogen-bond donors (Lipinski definition) is 4. The lowest BCUT2D eigenvalue weighted by Crippen LogP contribution is -2.28. The van der Waals surface area contributed by atoms with Crippen LogP contribution in [0.4, 0.5) is 16.2 Å². The van der Waals surface area contributed by atoms with Gasteiger partial charge in [0.1, 0.15) is 5.25 Å². The predicted octanol–water partition coefficient (Wildman–Crippen LogP) is 5.25. The van der Waals surface area contributed by atoms with E-state index < -0.39 is 39.4 Å². The van der Waals surface area contributed by atoms with Crippen LogP contribution in [-0.4, -0.2) is 31.4 Å². The van der Waals surface area contributed by atoms with E-state index in [4.69, 9.17) is 0 Å². The second-order valence-corrected chi connectivity index (χ2v) is 11.0. The standard InChI is InChI=1S/C30H27N3O6S/c34-28(35)19-27(22-11-5-2-6-12-22)40(38,39)26-14-8-7-13-25(26)33-29(36)23-15-17-24(18-16-23)32-30(37)31-20-21-9-3-1-4-10-21/h1-18,27H,19-20H2,(H,33,36)(H,34,35)(H2,31,32,37). The van der Waals surface area contributed by atoms with Crippen molar-refractivity contribution in [3.8, 4) is 0 Å². The molecule has 4 aromatic rings. The Labute approximate surface area is 231 Å². The van der Waals surface area contributed by atoms with Gasteiger partial charge in [0.2, 0.25) is 0 Å². The van der Waals surface area contributed by atoms with Crippen molar-refractivity contribution in [2.75, 3.05) is 10.6 Å². The van der Waals surface area contributed by atoms with E-state index in [0.29, 0.717) is 17.8 Å². The van der Waals surface area contributed by atoms with E-state index in [1.807, 2.05) is 30.3 Å². The highest BCUT2D eigenvalue weighted by molar-refractivity contribution is 7.91. The summed E-state index contributed by atoms with van der Waals surface area (Å²) in [5.74, 6) is -1.83. The number of aliphatic carboxylic acids is 1. The summed E-state index contributed by atoms with van der Waals surface area (Å²) in [6.07, 6.45) is -0.637. The average molecular weight is 558 g/mol. The number of carboxylic acids is 1. The van der Waals surface area contributed by atoms with Gasteiger partial charge in [-0.3, -0.25) is 9.59 Å². The quantitative estimate of drug-likeness (QED) is 0.210. The molecule has 0 aliphatic heterocycles. The van der Waals surface area contributed by atoms with Crippen LogP contribution >= 0.6 is 0 Å². The minimum Gasteiger partial charge on any atom is -0.481 e. The van der Waals surface area contributed by atoms with Crippen molar-refractivity contribution < 1.29 is 27.9 Å². The molecule has 204 valence electrons. The van der Waals surface area contributed by atoms with Gasteiger partial charge in [-0.1, -0.05) is 72.8 Å². The monoisotopic (exact) mass is 557 g/mol. The molecule has 10 heteroatoms. The number of carboxylic acid groups (broad SMARTS) is 1. The molecule has 0 spiro atoms. The van der Waals surface area contributed by atoms with Crippen LogP contribution in [0.3, 0.4) is 0 Å². The van der Waals surface area contributed by atoms with Gasteiger partial charge in [0.15, 0.2) is 9.84 Å². The molecule has 1 atom stereocenters. The highest BCUT2D eigenvalue weighted by Gasteiger charge is 2.33. The Morgan fingerprint density at radius 1 is 0.725 bits per heavy atom. The highest BCUT2D eigenvalue weighted by Crippen LogP contribution is 2.35. The maximum atomic E-state index is 13.6. The van der Waals surface area contributed by atoms with Crippen molar-refractivity contribution in [1.82, 2.24) is 5.32 Å². The van der Waals surface area contributed by atoms with Crippen molar-refractivity contribution in [2.24, 2.45) is 0 Å². The number of nitrogens with one attached hydrogen (secondary N) is 3. The largest absolute Gasteiger partial charge is 0.481 e. The van der Waals surface area contributed by atoms with E-state index in [1.54, 1.807) is 48.5 Å². The predicted molar refractivity (Wildman–Crippen MR) is 152 cm³/mol. The number of urea groups is 1. The lowest BCUT2D eigenvalue weighted by atomic mass is 10.1. The number of rotatable bonds is 10. The van der Waals surface area contributed by atoms with Crippen LogP contribution in [-0.2, 0) is 21.2 Å². The summed E-state index contributed by atoms with van der Waals surface area (Å²) in [6, 6.07) is 29.1. The second kappa shape index (κ2) is 12.7. The number of anilines is 2. The molecule has 1 unspecified atom stereocenters. The molecule has 0 bridgehead atoms. The summed E-state index contributed by atoms with van der Waals surface area (Å²) in [7, 11) is -4.20. The normalized spacial score (nSPS) is 11.7. The summed E-state index contributed by atoms with van der Waals surface area (Å²) >= 11 is 0.